The van der Waals surface area contributed by atoms with E-state index in [4.69, 9.17) is 0 Å². The molecule has 0 aliphatic carbocycles. The second kappa shape index (κ2) is 5.87. The van der Waals surface area contributed by atoms with Crippen molar-refractivity contribution >= 4 is 27.7 Å². The maximum atomic E-state index is 12.1. The molecule has 0 aromatic heterocycles. The summed E-state index contributed by atoms with van der Waals surface area (Å²) in [5, 5.41) is 0. The van der Waals surface area contributed by atoms with Crippen molar-refractivity contribution in [1.82, 2.24) is 4.90 Å². The minimum atomic E-state index is -0.191. The Morgan fingerprint density at radius 1 is 1.37 bits per heavy atom. The van der Waals surface area contributed by atoms with Gasteiger partial charge in [0.1, 0.15) is 0 Å². The van der Waals surface area contributed by atoms with E-state index in [1.807, 2.05) is 18.2 Å². The number of alkyl halides is 1. The van der Waals surface area contributed by atoms with Crippen molar-refractivity contribution in [3.63, 3.8) is 0 Å². The van der Waals surface area contributed by atoms with E-state index < -0.39 is 0 Å². The highest BCUT2D eigenvalue weighted by Gasteiger charge is 2.28. The molecule has 1 atom stereocenters. The molecule has 1 aliphatic rings. The maximum absolute atomic E-state index is 12.1. The van der Waals surface area contributed by atoms with E-state index in [1.54, 1.807) is 7.05 Å². The third kappa shape index (κ3) is 2.89. The van der Waals surface area contributed by atoms with Crippen LogP contribution in [-0.2, 0) is 11.2 Å². The van der Waals surface area contributed by atoms with Gasteiger partial charge in [0.05, 0.1) is 6.42 Å². The predicted molar refractivity (Wildman–Crippen MR) is 78.4 cm³/mol. The van der Waals surface area contributed by atoms with E-state index in [0.717, 1.165) is 30.4 Å². The van der Waals surface area contributed by atoms with Crippen molar-refractivity contribution in [2.75, 3.05) is 7.05 Å². The molecule has 0 radical (unpaired) electrons. The Morgan fingerprint density at radius 2 is 2.11 bits per heavy atom. The Bertz CT molecular complexity index is 513. The normalized spacial score (nSPS) is 16.5. The molecule has 1 aromatic rings. The van der Waals surface area contributed by atoms with E-state index in [-0.39, 0.29) is 16.6 Å². The Labute approximate surface area is 122 Å². The van der Waals surface area contributed by atoms with Gasteiger partial charge in [-0.25, -0.2) is 0 Å². The van der Waals surface area contributed by atoms with Crippen LogP contribution in [0.1, 0.15) is 52.5 Å². The summed E-state index contributed by atoms with van der Waals surface area (Å²) >= 11 is 3.67. The van der Waals surface area contributed by atoms with Gasteiger partial charge in [0.2, 0.25) is 5.91 Å². The van der Waals surface area contributed by atoms with Gasteiger partial charge < -0.3 is 0 Å². The van der Waals surface area contributed by atoms with Gasteiger partial charge in [-0.05, 0) is 23.6 Å². The molecule has 0 fully saturated rings. The lowest BCUT2D eigenvalue weighted by molar-refractivity contribution is -0.127. The summed E-state index contributed by atoms with van der Waals surface area (Å²) in [5.74, 6) is -0.324. The second-order valence-corrected chi connectivity index (χ2v) is 6.07. The van der Waals surface area contributed by atoms with Crippen molar-refractivity contribution in [1.29, 1.82) is 0 Å². The monoisotopic (exact) mass is 323 g/mol. The standard InChI is InChI=1S/C15H18BrNO2/c1-3-4-5-13(16)11-7-6-10-9-14(18)17(2)15(19)12(10)8-11/h6-8,13H,3-5,9H2,1-2H3. The highest BCUT2D eigenvalue weighted by molar-refractivity contribution is 9.09. The molecule has 19 heavy (non-hydrogen) atoms. The fourth-order valence-electron chi connectivity index (χ4n) is 2.27. The average Bonchev–Trinajstić information content (AvgIpc) is 2.42. The van der Waals surface area contributed by atoms with Crippen molar-refractivity contribution < 1.29 is 9.59 Å². The van der Waals surface area contributed by atoms with E-state index >= 15 is 0 Å². The van der Waals surface area contributed by atoms with Crippen LogP contribution in [0.15, 0.2) is 18.2 Å². The zero-order valence-corrected chi connectivity index (χ0v) is 12.9. The van der Waals surface area contributed by atoms with E-state index in [0.29, 0.717) is 12.0 Å². The number of imide groups is 1. The number of hydrogen-bond acceptors (Lipinski definition) is 2. The van der Waals surface area contributed by atoms with E-state index in [9.17, 15) is 9.59 Å². The first kappa shape index (κ1) is 14.3. The third-order valence-corrected chi connectivity index (χ3v) is 4.54. The molecule has 102 valence electrons. The number of halogens is 1. The van der Waals surface area contributed by atoms with Crippen molar-refractivity contribution in [2.45, 2.75) is 37.4 Å². The lowest BCUT2D eigenvalue weighted by Crippen LogP contribution is -2.39. The van der Waals surface area contributed by atoms with Gasteiger partial charge >= 0.3 is 0 Å². The Balaban J connectivity index is 2.28. The average molecular weight is 324 g/mol. The summed E-state index contributed by atoms with van der Waals surface area (Å²) in [6, 6.07) is 5.85. The zero-order valence-electron chi connectivity index (χ0n) is 11.3. The van der Waals surface area contributed by atoms with Crippen LogP contribution >= 0.6 is 15.9 Å². The minimum absolute atomic E-state index is 0.133. The number of unbranched alkanes of at least 4 members (excludes halogenated alkanes) is 1. The molecule has 3 nitrogen and oxygen atoms in total. The summed E-state index contributed by atoms with van der Waals surface area (Å²) in [4.78, 5) is 25.2. The molecular formula is C15H18BrNO2. The molecular weight excluding hydrogens is 306 g/mol. The first-order valence-electron chi connectivity index (χ1n) is 6.62. The lowest BCUT2D eigenvalue weighted by atomic mass is 9.95. The van der Waals surface area contributed by atoms with Gasteiger partial charge in [0, 0.05) is 17.4 Å². The fraction of sp³-hybridized carbons (Fsp3) is 0.467. The second-order valence-electron chi connectivity index (χ2n) is 4.96. The summed E-state index contributed by atoms with van der Waals surface area (Å²) in [6.07, 6.45) is 3.68. The molecule has 1 aromatic carbocycles. The molecule has 1 heterocycles. The number of nitrogens with zero attached hydrogens (tertiary/aromatic N) is 1. The molecule has 0 saturated carbocycles. The van der Waals surface area contributed by atoms with Gasteiger partial charge in [0.15, 0.2) is 0 Å². The third-order valence-electron chi connectivity index (χ3n) is 3.56. The quantitative estimate of drug-likeness (QED) is 0.628. The van der Waals surface area contributed by atoms with Crippen LogP contribution in [-0.4, -0.2) is 23.8 Å². The molecule has 0 bridgehead atoms. The van der Waals surface area contributed by atoms with Gasteiger partial charge in [-0.1, -0.05) is 47.8 Å². The Hall–Kier alpha value is -1.16. The van der Waals surface area contributed by atoms with Crippen LogP contribution in [0, 0.1) is 0 Å². The molecule has 0 N–H and O–H groups in total. The number of likely N-dealkylation sites (N-methyl/N-ethyl adjacent to an activating group) is 1. The summed E-state index contributed by atoms with van der Waals surface area (Å²) in [5.41, 5.74) is 2.62. The van der Waals surface area contributed by atoms with E-state index in [1.165, 1.54) is 4.90 Å². The highest BCUT2D eigenvalue weighted by Crippen LogP contribution is 2.31. The fourth-order valence-corrected chi connectivity index (χ4v) is 2.88. The van der Waals surface area contributed by atoms with Gasteiger partial charge in [-0.3, -0.25) is 14.5 Å². The van der Waals surface area contributed by atoms with Crippen LogP contribution in [0.2, 0.25) is 0 Å². The van der Waals surface area contributed by atoms with Crippen LogP contribution in [0.3, 0.4) is 0 Å². The van der Waals surface area contributed by atoms with Crippen molar-refractivity contribution in [3.8, 4) is 0 Å². The number of carbonyl (C=O) groups excluding carboxylic acids is 2. The topological polar surface area (TPSA) is 37.4 Å². The van der Waals surface area contributed by atoms with Crippen LogP contribution in [0.25, 0.3) is 0 Å². The predicted octanol–water partition coefficient (Wildman–Crippen LogP) is 3.47. The molecule has 2 amide bonds. The van der Waals surface area contributed by atoms with Crippen LogP contribution in [0.4, 0.5) is 0 Å². The molecule has 4 heteroatoms. The number of carbonyl (C=O) groups is 2. The Kier molecular flexibility index (Phi) is 4.40. The van der Waals surface area contributed by atoms with E-state index in [2.05, 4.69) is 22.9 Å². The molecule has 1 aliphatic heterocycles. The zero-order chi connectivity index (χ0) is 14.0. The van der Waals surface area contributed by atoms with Gasteiger partial charge in [-0.2, -0.15) is 0 Å². The molecule has 0 spiro atoms. The first-order valence-corrected chi connectivity index (χ1v) is 7.54. The van der Waals surface area contributed by atoms with Crippen molar-refractivity contribution in [2.24, 2.45) is 0 Å². The highest BCUT2D eigenvalue weighted by atomic mass is 79.9. The smallest absolute Gasteiger partial charge is 0.260 e. The SMILES string of the molecule is CCCCC(Br)c1ccc2c(c1)C(=O)N(C)C(=O)C2. The minimum Gasteiger partial charge on any atom is -0.281 e. The number of amides is 2. The summed E-state index contributed by atoms with van der Waals surface area (Å²) < 4.78 is 0. The summed E-state index contributed by atoms with van der Waals surface area (Å²) in [7, 11) is 1.54. The lowest BCUT2D eigenvalue weighted by Gasteiger charge is -2.24. The summed E-state index contributed by atoms with van der Waals surface area (Å²) in [6.45, 7) is 2.16. The maximum Gasteiger partial charge on any atom is 0.260 e. The number of rotatable bonds is 4. The van der Waals surface area contributed by atoms with Crippen LogP contribution in [0.5, 0.6) is 0 Å². The van der Waals surface area contributed by atoms with Gasteiger partial charge in [0.25, 0.3) is 5.91 Å². The molecule has 0 saturated heterocycles. The first-order chi connectivity index (χ1) is 9.04. The largest absolute Gasteiger partial charge is 0.281 e. The number of fused-ring (bicyclic) bond motifs is 1. The Morgan fingerprint density at radius 3 is 2.79 bits per heavy atom. The van der Waals surface area contributed by atoms with Crippen molar-refractivity contribution in [3.05, 3.63) is 34.9 Å². The van der Waals surface area contributed by atoms with Gasteiger partial charge in [-0.15, -0.1) is 0 Å². The number of benzene rings is 1. The van der Waals surface area contributed by atoms with Crippen LogP contribution < -0.4 is 0 Å². The molecule has 1 unspecified atom stereocenters. The number of hydrogen-bond donors (Lipinski definition) is 0. The molecule has 2 rings (SSSR count).